The Balaban J connectivity index is 3.06. The lowest BCUT2D eigenvalue weighted by molar-refractivity contribution is 0.159. The van der Waals surface area contributed by atoms with E-state index in [2.05, 4.69) is 20.7 Å². The van der Waals surface area contributed by atoms with Crippen LogP contribution in [0.5, 0.6) is 0 Å². The maximum atomic E-state index is 13.5. The van der Waals surface area contributed by atoms with E-state index in [4.69, 9.17) is 58.0 Å². The normalized spacial score (nSPS) is 21.1. The van der Waals surface area contributed by atoms with E-state index >= 15 is 0 Å². The molecule has 0 fully saturated rings. The van der Waals surface area contributed by atoms with E-state index in [1.54, 1.807) is 0 Å². The molecule has 13 heavy (non-hydrogen) atoms. The lowest BCUT2D eigenvalue weighted by atomic mass is 10.3. The largest absolute Gasteiger partial charge is 0.368 e. The molecular weight excluding hydrogens is 288 g/mol. The summed E-state index contributed by atoms with van der Waals surface area (Å²) in [5.41, 5.74) is 0. The summed E-state index contributed by atoms with van der Waals surface area (Å²) in [4.78, 5) is 0. The molecule has 0 N–H and O–H groups in total. The third-order valence-corrected chi connectivity index (χ3v) is 3.63. The quantitative estimate of drug-likeness (QED) is 0.517. The number of halogens is 6. The average Bonchev–Trinajstić information content (AvgIpc) is 2.35. The maximum Gasteiger partial charge on any atom is 0.368 e. The molecule has 0 saturated heterocycles. The minimum Gasteiger partial charge on any atom is -0.183 e. The first-order chi connectivity index (χ1) is 5.71. The Labute approximate surface area is 97.0 Å². The summed E-state index contributed by atoms with van der Waals surface area (Å²) in [7, 11) is 0. The van der Waals surface area contributed by atoms with E-state index in [1.165, 1.54) is 0 Å². The molecule has 0 radical (unpaired) electrons. The van der Waals surface area contributed by atoms with Crippen LogP contribution in [0, 0.1) is 0 Å². The van der Waals surface area contributed by atoms with Crippen LogP contribution >= 0.6 is 58.0 Å². The van der Waals surface area contributed by atoms with Crippen LogP contribution in [0.25, 0.3) is 0 Å². The summed E-state index contributed by atoms with van der Waals surface area (Å²) in [5, 5.41) is 11.6. The molecule has 0 unspecified atom stereocenters. The van der Waals surface area contributed by atoms with Gasteiger partial charge in [-0.1, -0.05) is 68.2 Å². The standard InChI is InChI=1S/C3Cl5FN4/c4-1(5,2(6,7)8)3(9)10-12-13-11-3. The van der Waals surface area contributed by atoms with E-state index in [0.717, 1.165) is 0 Å². The van der Waals surface area contributed by atoms with Crippen molar-refractivity contribution in [3.05, 3.63) is 0 Å². The van der Waals surface area contributed by atoms with Crippen molar-refractivity contribution in [1.82, 2.24) is 0 Å². The maximum absolute atomic E-state index is 13.5. The number of rotatable bonds is 1. The van der Waals surface area contributed by atoms with Gasteiger partial charge in [0.2, 0.25) is 8.13 Å². The van der Waals surface area contributed by atoms with Crippen molar-refractivity contribution in [3.63, 3.8) is 0 Å². The first-order valence-corrected chi connectivity index (χ1v) is 4.57. The molecule has 0 aromatic heterocycles. The van der Waals surface area contributed by atoms with Gasteiger partial charge in [0, 0.05) is 0 Å². The zero-order valence-electron chi connectivity index (χ0n) is 5.56. The van der Waals surface area contributed by atoms with E-state index < -0.39 is 14.0 Å². The highest BCUT2D eigenvalue weighted by molar-refractivity contribution is 6.75. The van der Waals surface area contributed by atoms with Crippen molar-refractivity contribution >= 4 is 58.0 Å². The molecular formula is C3Cl5FN4. The fourth-order valence-corrected chi connectivity index (χ4v) is 0.996. The van der Waals surface area contributed by atoms with Gasteiger partial charge in [-0.05, 0) is 10.4 Å². The third-order valence-electron chi connectivity index (χ3n) is 1.15. The highest BCUT2D eigenvalue weighted by Crippen LogP contribution is 2.55. The zero-order chi connectivity index (χ0) is 10.3. The smallest absolute Gasteiger partial charge is 0.183 e. The molecule has 0 aromatic carbocycles. The monoisotopic (exact) mass is 286 g/mol. The summed E-state index contributed by atoms with van der Waals surface area (Å²) in [5.74, 6) is -2.87. The van der Waals surface area contributed by atoms with Crippen molar-refractivity contribution in [2.24, 2.45) is 20.7 Å². The second-order valence-electron chi connectivity index (χ2n) is 2.04. The fraction of sp³-hybridized carbons (Fsp3) is 1.00. The number of hydrogen-bond acceptors (Lipinski definition) is 4. The van der Waals surface area contributed by atoms with Gasteiger partial charge in [-0.3, -0.25) is 0 Å². The van der Waals surface area contributed by atoms with Crippen LogP contribution in [-0.2, 0) is 0 Å². The Morgan fingerprint density at radius 3 is 1.62 bits per heavy atom. The summed E-state index contributed by atoms with van der Waals surface area (Å²) in [6.07, 6.45) is 0. The van der Waals surface area contributed by atoms with Gasteiger partial charge in [-0.25, -0.2) is 0 Å². The molecule has 1 rings (SSSR count). The number of nitrogens with zero attached hydrogens (tertiary/aromatic N) is 4. The van der Waals surface area contributed by atoms with Gasteiger partial charge in [-0.15, -0.1) is 0 Å². The fourth-order valence-electron chi connectivity index (χ4n) is 0.484. The Bertz CT molecular complexity index is 257. The number of alkyl halides is 6. The molecule has 1 aliphatic rings. The second-order valence-corrected chi connectivity index (χ2v) is 5.65. The second kappa shape index (κ2) is 3.31. The molecule has 4 nitrogen and oxygen atoms in total. The predicted octanol–water partition coefficient (Wildman–Crippen LogP) is 3.99. The highest BCUT2D eigenvalue weighted by atomic mass is 35.6. The molecule has 0 aromatic rings. The molecule has 0 atom stereocenters. The van der Waals surface area contributed by atoms with E-state index in [1.807, 2.05) is 0 Å². The molecule has 74 valence electrons. The minimum atomic E-state index is -2.87. The van der Waals surface area contributed by atoms with Gasteiger partial charge in [0.15, 0.2) is 0 Å². The van der Waals surface area contributed by atoms with Crippen LogP contribution in [0.2, 0.25) is 0 Å². The van der Waals surface area contributed by atoms with Gasteiger partial charge in [0.05, 0.1) is 0 Å². The number of hydrogen-bond donors (Lipinski definition) is 0. The van der Waals surface area contributed by atoms with Crippen molar-refractivity contribution in [3.8, 4) is 0 Å². The van der Waals surface area contributed by atoms with Crippen molar-refractivity contribution < 1.29 is 4.39 Å². The van der Waals surface area contributed by atoms with Gasteiger partial charge in [0.1, 0.15) is 0 Å². The van der Waals surface area contributed by atoms with E-state index in [0.29, 0.717) is 0 Å². The first-order valence-electron chi connectivity index (χ1n) is 2.68. The van der Waals surface area contributed by atoms with Crippen LogP contribution in [0.1, 0.15) is 0 Å². The molecule has 1 aliphatic heterocycles. The first kappa shape index (κ1) is 11.7. The van der Waals surface area contributed by atoms with Crippen LogP contribution in [0.3, 0.4) is 0 Å². The lowest BCUT2D eigenvalue weighted by Crippen LogP contribution is -2.47. The third kappa shape index (κ3) is 1.85. The summed E-state index contributed by atoms with van der Waals surface area (Å²) in [6, 6.07) is 0. The zero-order valence-corrected chi connectivity index (χ0v) is 9.34. The SMILES string of the molecule is FC1(C(Cl)(Cl)C(Cl)(Cl)Cl)N=NN=N1. The van der Waals surface area contributed by atoms with Crippen LogP contribution in [-0.4, -0.2) is 14.0 Å². The summed E-state index contributed by atoms with van der Waals surface area (Å²) < 4.78 is 8.74. The van der Waals surface area contributed by atoms with Crippen molar-refractivity contribution in [1.29, 1.82) is 0 Å². The van der Waals surface area contributed by atoms with E-state index in [-0.39, 0.29) is 0 Å². The molecule has 0 aliphatic carbocycles. The van der Waals surface area contributed by atoms with Gasteiger partial charge in [0.25, 0.3) is 0 Å². The van der Waals surface area contributed by atoms with Gasteiger partial charge in [-0.2, -0.15) is 4.39 Å². The Morgan fingerprint density at radius 1 is 0.923 bits per heavy atom. The Kier molecular flexibility index (Phi) is 2.97. The van der Waals surface area contributed by atoms with Crippen LogP contribution < -0.4 is 0 Å². The van der Waals surface area contributed by atoms with Crippen LogP contribution in [0.15, 0.2) is 20.7 Å². The molecule has 0 amide bonds. The predicted molar refractivity (Wildman–Crippen MR) is 48.3 cm³/mol. The summed E-state index contributed by atoms with van der Waals surface area (Å²) in [6.45, 7) is 0. The molecule has 0 spiro atoms. The molecule has 1 heterocycles. The van der Waals surface area contributed by atoms with Crippen molar-refractivity contribution in [2.45, 2.75) is 14.0 Å². The lowest BCUT2D eigenvalue weighted by Gasteiger charge is -2.31. The Morgan fingerprint density at radius 2 is 1.31 bits per heavy atom. The highest BCUT2D eigenvalue weighted by Gasteiger charge is 2.65. The van der Waals surface area contributed by atoms with Gasteiger partial charge < -0.3 is 0 Å². The minimum absolute atomic E-state index is 2.31. The molecule has 10 heteroatoms. The van der Waals surface area contributed by atoms with Crippen molar-refractivity contribution in [2.75, 3.05) is 0 Å². The van der Waals surface area contributed by atoms with Gasteiger partial charge >= 0.3 is 5.92 Å². The summed E-state index contributed by atoms with van der Waals surface area (Å²) >= 11 is 26.8. The topological polar surface area (TPSA) is 49.4 Å². The average molecular weight is 288 g/mol. The van der Waals surface area contributed by atoms with Crippen LogP contribution in [0.4, 0.5) is 4.39 Å². The molecule has 0 bridgehead atoms. The van der Waals surface area contributed by atoms with E-state index in [9.17, 15) is 4.39 Å². The molecule has 0 saturated carbocycles. The Hall–Kier alpha value is 0.580.